The Labute approximate surface area is 102 Å². The van der Waals surface area contributed by atoms with E-state index in [1.807, 2.05) is 14.0 Å². The second-order valence-electron chi connectivity index (χ2n) is 4.34. The number of hydrogen-bond donors (Lipinski definition) is 3. The topological polar surface area (TPSA) is 73.5 Å². The third-order valence-corrected chi connectivity index (χ3v) is 3.33. The van der Waals surface area contributed by atoms with Gasteiger partial charge in [-0.3, -0.25) is 15.0 Å². The van der Waals surface area contributed by atoms with Gasteiger partial charge in [-0.2, -0.15) is 0 Å². The fourth-order valence-electron chi connectivity index (χ4n) is 2.02. The summed E-state index contributed by atoms with van der Waals surface area (Å²) < 4.78 is 0. The molecule has 1 aliphatic rings. The second kappa shape index (κ2) is 6.56. The maximum atomic E-state index is 11.7. The predicted molar refractivity (Wildman–Crippen MR) is 65.7 cm³/mol. The van der Waals surface area contributed by atoms with Crippen LogP contribution >= 0.6 is 0 Å². The molecule has 17 heavy (non-hydrogen) atoms. The van der Waals surface area contributed by atoms with Gasteiger partial charge in [-0.15, -0.1) is 0 Å². The van der Waals surface area contributed by atoms with E-state index in [1.165, 1.54) is 7.05 Å². The standard InChI is InChI=1S/C11H22N4O2/c1-8(10(16)14-11(17)13-3)15-6-4-9(12-2)5-7-15/h8-9,12H,4-7H2,1-3H3,(H2,13,14,16,17). The summed E-state index contributed by atoms with van der Waals surface area (Å²) in [5.74, 6) is -0.243. The van der Waals surface area contributed by atoms with Crippen molar-refractivity contribution in [3.05, 3.63) is 0 Å². The molecule has 98 valence electrons. The molecule has 1 rings (SSSR count). The van der Waals surface area contributed by atoms with Crippen molar-refractivity contribution in [1.29, 1.82) is 0 Å². The minimum Gasteiger partial charge on any atom is -0.341 e. The monoisotopic (exact) mass is 242 g/mol. The third kappa shape index (κ3) is 3.98. The van der Waals surface area contributed by atoms with Crippen molar-refractivity contribution in [1.82, 2.24) is 20.9 Å². The first-order valence-electron chi connectivity index (χ1n) is 6.02. The fourth-order valence-corrected chi connectivity index (χ4v) is 2.02. The van der Waals surface area contributed by atoms with E-state index in [4.69, 9.17) is 0 Å². The molecule has 6 heteroatoms. The van der Waals surface area contributed by atoms with E-state index in [-0.39, 0.29) is 11.9 Å². The lowest BCUT2D eigenvalue weighted by atomic mass is 10.0. The van der Waals surface area contributed by atoms with Crippen molar-refractivity contribution in [2.75, 3.05) is 27.2 Å². The SMILES string of the molecule is CNC(=O)NC(=O)C(C)N1CCC(NC)CC1. The molecule has 0 aromatic carbocycles. The van der Waals surface area contributed by atoms with E-state index < -0.39 is 6.03 Å². The van der Waals surface area contributed by atoms with Gasteiger partial charge in [-0.05, 0) is 26.8 Å². The summed E-state index contributed by atoms with van der Waals surface area (Å²) in [4.78, 5) is 24.9. The van der Waals surface area contributed by atoms with Crippen molar-refractivity contribution < 1.29 is 9.59 Å². The zero-order valence-corrected chi connectivity index (χ0v) is 10.7. The van der Waals surface area contributed by atoms with Crippen molar-refractivity contribution in [3.8, 4) is 0 Å². The van der Waals surface area contributed by atoms with E-state index >= 15 is 0 Å². The highest BCUT2D eigenvalue weighted by Gasteiger charge is 2.26. The Kier molecular flexibility index (Phi) is 5.37. The number of imide groups is 1. The summed E-state index contributed by atoms with van der Waals surface area (Å²) in [6.07, 6.45) is 2.07. The van der Waals surface area contributed by atoms with Crippen LogP contribution in [0.2, 0.25) is 0 Å². The Balaban J connectivity index is 2.40. The normalized spacial score (nSPS) is 19.7. The molecule has 1 saturated heterocycles. The zero-order valence-electron chi connectivity index (χ0n) is 10.7. The molecule has 0 aromatic rings. The predicted octanol–water partition coefficient (Wildman–Crippen LogP) is -0.486. The molecule has 1 fully saturated rings. The fraction of sp³-hybridized carbons (Fsp3) is 0.818. The van der Waals surface area contributed by atoms with Gasteiger partial charge in [0.05, 0.1) is 6.04 Å². The number of hydrogen-bond acceptors (Lipinski definition) is 4. The summed E-state index contributed by atoms with van der Waals surface area (Å²) >= 11 is 0. The van der Waals surface area contributed by atoms with Crippen LogP contribution in [0.4, 0.5) is 4.79 Å². The van der Waals surface area contributed by atoms with Crippen LogP contribution < -0.4 is 16.0 Å². The molecule has 0 radical (unpaired) electrons. The van der Waals surface area contributed by atoms with Crippen LogP contribution in [0, 0.1) is 0 Å². The van der Waals surface area contributed by atoms with Crippen LogP contribution in [0.25, 0.3) is 0 Å². The van der Waals surface area contributed by atoms with Crippen LogP contribution in [0.3, 0.4) is 0 Å². The van der Waals surface area contributed by atoms with Crippen molar-refractivity contribution in [3.63, 3.8) is 0 Å². The molecule has 1 aliphatic heterocycles. The molecule has 3 N–H and O–H groups in total. The van der Waals surface area contributed by atoms with Gasteiger partial charge in [0, 0.05) is 26.2 Å². The lowest BCUT2D eigenvalue weighted by molar-refractivity contribution is -0.125. The Morgan fingerprint density at radius 1 is 1.24 bits per heavy atom. The molecule has 3 amide bonds. The highest BCUT2D eigenvalue weighted by atomic mass is 16.2. The molecule has 1 atom stereocenters. The van der Waals surface area contributed by atoms with Crippen molar-refractivity contribution >= 4 is 11.9 Å². The van der Waals surface area contributed by atoms with Crippen LogP contribution in [0.1, 0.15) is 19.8 Å². The molecular formula is C11H22N4O2. The quantitative estimate of drug-likeness (QED) is 0.624. The number of likely N-dealkylation sites (tertiary alicyclic amines) is 1. The summed E-state index contributed by atoms with van der Waals surface area (Å²) in [6, 6.07) is -0.169. The van der Waals surface area contributed by atoms with E-state index in [0.717, 1.165) is 25.9 Å². The molecule has 0 saturated carbocycles. The Hall–Kier alpha value is -1.14. The Morgan fingerprint density at radius 3 is 2.29 bits per heavy atom. The number of nitrogens with zero attached hydrogens (tertiary/aromatic N) is 1. The summed E-state index contributed by atoms with van der Waals surface area (Å²) in [6.45, 7) is 3.60. The minimum absolute atomic E-state index is 0.243. The highest BCUT2D eigenvalue weighted by molar-refractivity contribution is 5.96. The molecule has 1 unspecified atom stereocenters. The molecule has 0 spiro atoms. The first kappa shape index (κ1) is 13.9. The van der Waals surface area contributed by atoms with E-state index in [9.17, 15) is 9.59 Å². The molecule has 0 aromatic heterocycles. The molecule has 0 bridgehead atoms. The van der Waals surface area contributed by atoms with E-state index in [2.05, 4.69) is 20.9 Å². The first-order chi connectivity index (χ1) is 8.08. The van der Waals surface area contributed by atoms with Crippen LogP contribution in [-0.2, 0) is 4.79 Å². The van der Waals surface area contributed by atoms with Gasteiger partial charge >= 0.3 is 6.03 Å². The summed E-state index contributed by atoms with van der Waals surface area (Å²) in [5.41, 5.74) is 0. The number of carbonyl (C=O) groups excluding carboxylic acids is 2. The van der Waals surface area contributed by atoms with Crippen LogP contribution in [-0.4, -0.2) is 56.1 Å². The molecule has 1 heterocycles. The molecule has 0 aliphatic carbocycles. The summed E-state index contributed by atoms with van der Waals surface area (Å²) in [7, 11) is 3.45. The number of urea groups is 1. The zero-order chi connectivity index (χ0) is 12.8. The average Bonchev–Trinajstić information content (AvgIpc) is 2.37. The smallest absolute Gasteiger partial charge is 0.321 e. The molecular weight excluding hydrogens is 220 g/mol. The highest BCUT2D eigenvalue weighted by Crippen LogP contribution is 2.12. The number of amides is 3. The van der Waals surface area contributed by atoms with Crippen molar-refractivity contribution in [2.45, 2.75) is 31.8 Å². The van der Waals surface area contributed by atoms with E-state index in [1.54, 1.807) is 0 Å². The minimum atomic E-state index is -0.452. The van der Waals surface area contributed by atoms with Gasteiger partial charge < -0.3 is 10.6 Å². The number of carbonyl (C=O) groups is 2. The maximum absolute atomic E-state index is 11.7. The maximum Gasteiger partial charge on any atom is 0.321 e. The van der Waals surface area contributed by atoms with Crippen LogP contribution in [0.15, 0.2) is 0 Å². The average molecular weight is 242 g/mol. The van der Waals surface area contributed by atoms with Crippen LogP contribution in [0.5, 0.6) is 0 Å². The lowest BCUT2D eigenvalue weighted by Crippen LogP contribution is -2.52. The second-order valence-corrected chi connectivity index (χ2v) is 4.34. The number of nitrogens with one attached hydrogen (secondary N) is 3. The number of rotatable bonds is 3. The first-order valence-corrected chi connectivity index (χ1v) is 6.02. The van der Waals surface area contributed by atoms with Gasteiger partial charge in [-0.1, -0.05) is 0 Å². The summed E-state index contributed by atoms with van der Waals surface area (Å²) in [5, 5.41) is 7.92. The Bertz CT molecular complexity index is 275. The van der Waals surface area contributed by atoms with Gasteiger partial charge in [0.2, 0.25) is 5.91 Å². The Morgan fingerprint density at radius 2 is 1.82 bits per heavy atom. The number of piperidine rings is 1. The van der Waals surface area contributed by atoms with Gasteiger partial charge in [-0.25, -0.2) is 4.79 Å². The largest absolute Gasteiger partial charge is 0.341 e. The molecule has 6 nitrogen and oxygen atoms in total. The van der Waals surface area contributed by atoms with Gasteiger partial charge in [0.15, 0.2) is 0 Å². The van der Waals surface area contributed by atoms with Gasteiger partial charge in [0.25, 0.3) is 0 Å². The third-order valence-electron chi connectivity index (χ3n) is 3.33. The van der Waals surface area contributed by atoms with E-state index in [0.29, 0.717) is 6.04 Å². The van der Waals surface area contributed by atoms with Gasteiger partial charge in [0.1, 0.15) is 0 Å². The lowest BCUT2D eigenvalue weighted by Gasteiger charge is -2.34. The van der Waals surface area contributed by atoms with Crippen molar-refractivity contribution in [2.24, 2.45) is 0 Å².